The molecular weight excluding hydrogens is 208 g/mol. The van der Waals surface area contributed by atoms with E-state index in [0.717, 1.165) is 31.9 Å². The van der Waals surface area contributed by atoms with Crippen LogP contribution in [-0.4, -0.2) is 6.54 Å². The van der Waals surface area contributed by atoms with E-state index in [1.807, 2.05) is 6.92 Å². The zero-order valence-electron chi connectivity index (χ0n) is 9.89. The van der Waals surface area contributed by atoms with E-state index in [-0.39, 0.29) is 17.7 Å². The first-order valence-electron chi connectivity index (χ1n) is 5.87. The van der Waals surface area contributed by atoms with Crippen LogP contribution in [0.5, 0.6) is 0 Å². The van der Waals surface area contributed by atoms with Gasteiger partial charge in [0.1, 0.15) is 11.6 Å². The maximum absolute atomic E-state index is 13.6. The lowest BCUT2D eigenvalue weighted by molar-refractivity contribution is 0.465. The molecule has 0 saturated heterocycles. The van der Waals surface area contributed by atoms with Crippen LogP contribution in [0.15, 0.2) is 18.2 Å². The second kappa shape index (κ2) is 6.59. The number of unbranched alkanes of at least 4 members (excludes halogenated alkanes) is 1. The van der Waals surface area contributed by atoms with E-state index < -0.39 is 0 Å². The minimum Gasteiger partial charge on any atom is -0.310 e. The Morgan fingerprint density at radius 1 is 1.25 bits per heavy atom. The monoisotopic (exact) mass is 227 g/mol. The lowest BCUT2D eigenvalue weighted by Crippen LogP contribution is -2.22. The summed E-state index contributed by atoms with van der Waals surface area (Å²) in [6.07, 6.45) is 2.90. The van der Waals surface area contributed by atoms with Gasteiger partial charge in [-0.3, -0.25) is 0 Å². The predicted molar refractivity (Wildman–Crippen MR) is 62.3 cm³/mol. The van der Waals surface area contributed by atoms with Crippen LogP contribution < -0.4 is 5.32 Å². The van der Waals surface area contributed by atoms with Crippen molar-refractivity contribution in [3.63, 3.8) is 0 Å². The number of halogens is 2. The van der Waals surface area contributed by atoms with Crippen LogP contribution in [0.25, 0.3) is 0 Å². The molecule has 16 heavy (non-hydrogen) atoms. The van der Waals surface area contributed by atoms with Gasteiger partial charge >= 0.3 is 0 Å². The SMILES string of the molecule is CCCCC(NCC)c1cc(F)ccc1F. The van der Waals surface area contributed by atoms with Crippen molar-refractivity contribution in [1.29, 1.82) is 0 Å². The summed E-state index contributed by atoms with van der Waals surface area (Å²) < 4.78 is 26.6. The maximum atomic E-state index is 13.6. The molecule has 0 bridgehead atoms. The van der Waals surface area contributed by atoms with Gasteiger partial charge in [0.25, 0.3) is 0 Å². The second-order valence-corrected chi connectivity index (χ2v) is 3.92. The van der Waals surface area contributed by atoms with E-state index in [2.05, 4.69) is 12.2 Å². The minimum absolute atomic E-state index is 0.0827. The summed E-state index contributed by atoms with van der Waals surface area (Å²) in [4.78, 5) is 0. The Kier molecular flexibility index (Phi) is 5.39. The number of hydrogen-bond donors (Lipinski definition) is 1. The quantitative estimate of drug-likeness (QED) is 0.779. The molecule has 0 fully saturated rings. The first kappa shape index (κ1) is 13.1. The molecule has 3 heteroatoms. The van der Waals surface area contributed by atoms with E-state index in [1.165, 1.54) is 12.1 Å². The molecule has 0 saturated carbocycles. The summed E-state index contributed by atoms with van der Waals surface area (Å²) >= 11 is 0. The molecule has 0 radical (unpaired) electrons. The average Bonchev–Trinajstić information content (AvgIpc) is 2.28. The van der Waals surface area contributed by atoms with E-state index in [4.69, 9.17) is 0 Å². The summed E-state index contributed by atoms with van der Waals surface area (Å²) in [6, 6.07) is 3.56. The van der Waals surface area contributed by atoms with E-state index >= 15 is 0 Å². The lowest BCUT2D eigenvalue weighted by atomic mass is 10.0. The van der Waals surface area contributed by atoms with Gasteiger partial charge in [0, 0.05) is 11.6 Å². The highest BCUT2D eigenvalue weighted by Gasteiger charge is 2.14. The van der Waals surface area contributed by atoms with E-state index in [0.29, 0.717) is 5.56 Å². The molecule has 0 aromatic heterocycles. The average molecular weight is 227 g/mol. The fraction of sp³-hybridized carbons (Fsp3) is 0.538. The zero-order valence-corrected chi connectivity index (χ0v) is 9.89. The Bertz CT molecular complexity index is 326. The molecule has 1 aromatic carbocycles. The van der Waals surface area contributed by atoms with Crippen molar-refractivity contribution >= 4 is 0 Å². The molecule has 1 unspecified atom stereocenters. The molecule has 1 nitrogen and oxygen atoms in total. The maximum Gasteiger partial charge on any atom is 0.128 e. The third-order valence-corrected chi connectivity index (χ3v) is 2.63. The van der Waals surface area contributed by atoms with Crippen LogP contribution in [0.1, 0.15) is 44.7 Å². The second-order valence-electron chi connectivity index (χ2n) is 3.92. The molecule has 0 aliphatic heterocycles. The summed E-state index contributed by atoms with van der Waals surface area (Å²) in [7, 11) is 0. The van der Waals surface area contributed by atoms with Gasteiger partial charge in [-0.05, 0) is 31.2 Å². The molecule has 0 amide bonds. The molecular formula is C13H19F2N. The third-order valence-electron chi connectivity index (χ3n) is 2.63. The summed E-state index contributed by atoms with van der Waals surface area (Å²) in [5, 5.41) is 3.20. The first-order chi connectivity index (χ1) is 7.69. The molecule has 0 heterocycles. The van der Waals surface area contributed by atoms with Crippen molar-refractivity contribution in [1.82, 2.24) is 5.32 Å². The Hall–Kier alpha value is -0.960. The van der Waals surface area contributed by atoms with Crippen LogP contribution >= 0.6 is 0 Å². The topological polar surface area (TPSA) is 12.0 Å². The largest absolute Gasteiger partial charge is 0.310 e. The van der Waals surface area contributed by atoms with Gasteiger partial charge in [0.2, 0.25) is 0 Å². The molecule has 1 aromatic rings. The summed E-state index contributed by atoms with van der Waals surface area (Å²) in [6.45, 7) is 4.81. The number of benzene rings is 1. The minimum atomic E-state index is -0.379. The zero-order chi connectivity index (χ0) is 12.0. The smallest absolute Gasteiger partial charge is 0.128 e. The fourth-order valence-electron chi connectivity index (χ4n) is 1.80. The standard InChI is InChI=1S/C13H19F2N/c1-3-5-6-13(16-4-2)11-9-10(14)7-8-12(11)15/h7-9,13,16H,3-6H2,1-2H3. The van der Waals surface area contributed by atoms with Gasteiger partial charge in [-0.1, -0.05) is 26.7 Å². The van der Waals surface area contributed by atoms with Gasteiger partial charge in [0.05, 0.1) is 0 Å². The van der Waals surface area contributed by atoms with E-state index in [9.17, 15) is 8.78 Å². The number of nitrogens with one attached hydrogen (secondary N) is 1. The van der Waals surface area contributed by atoms with Crippen LogP contribution in [0.2, 0.25) is 0 Å². The number of hydrogen-bond acceptors (Lipinski definition) is 1. The van der Waals surface area contributed by atoms with Crippen LogP contribution in [0.4, 0.5) is 8.78 Å². The molecule has 1 rings (SSSR count). The Labute approximate surface area is 95.9 Å². The highest BCUT2D eigenvalue weighted by atomic mass is 19.1. The van der Waals surface area contributed by atoms with Crippen molar-refractivity contribution in [2.45, 2.75) is 39.2 Å². The summed E-state index contributed by atoms with van der Waals surface area (Å²) in [5.41, 5.74) is 0.440. The van der Waals surface area contributed by atoms with Gasteiger partial charge in [0.15, 0.2) is 0 Å². The van der Waals surface area contributed by atoms with Crippen LogP contribution in [0, 0.1) is 11.6 Å². The van der Waals surface area contributed by atoms with Crippen molar-refractivity contribution in [2.24, 2.45) is 0 Å². The van der Waals surface area contributed by atoms with Crippen molar-refractivity contribution in [2.75, 3.05) is 6.54 Å². The Morgan fingerprint density at radius 2 is 2.00 bits per heavy atom. The van der Waals surface area contributed by atoms with Gasteiger partial charge < -0.3 is 5.32 Å². The van der Waals surface area contributed by atoms with Crippen LogP contribution in [-0.2, 0) is 0 Å². The molecule has 0 aliphatic rings. The predicted octanol–water partition coefficient (Wildman–Crippen LogP) is 3.81. The highest BCUT2D eigenvalue weighted by Crippen LogP contribution is 2.23. The van der Waals surface area contributed by atoms with Gasteiger partial charge in [-0.25, -0.2) is 8.78 Å². The Morgan fingerprint density at radius 3 is 2.62 bits per heavy atom. The normalized spacial score (nSPS) is 12.8. The van der Waals surface area contributed by atoms with Crippen LogP contribution in [0.3, 0.4) is 0 Å². The molecule has 0 spiro atoms. The Balaban J connectivity index is 2.85. The fourth-order valence-corrected chi connectivity index (χ4v) is 1.80. The summed E-state index contributed by atoms with van der Waals surface area (Å²) in [5.74, 6) is -0.709. The molecule has 1 atom stereocenters. The third kappa shape index (κ3) is 3.56. The van der Waals surface area contributed by atoms with Crippen molar-refractivity contribution < 1.29 is 8.78 Å². The van der Waals surface area contributed by atoms with Crippen molar-refractivity contribution in [3.8, 4) is 0 Å². The lowest BCUT2D eigenvalue weighted by Gasteiger charge is -2.18. The van der Waals surface area contributed by atoms with Crippen molar-refractivity contribution in [3.05, 3.63) is 35.4 Å². The van der Waals surface area contributed by atoms with E-state index in [1.54, 1.807) is 0 Å². The molecule has 0 aliphatic carbocycles. The first-order valence-corrected chi connectivity index (χ1v) is 5.87. The molecule has 1 N–H and O–H groups in total. The number of rotatable bonds is 6. The van der Waals surface area contributed by atoms with Gasteiger partial charge in [-0.15, -0.1) is 0 Å². The highest BCUT2D eigenvalue weighted by molar-refractivity contribution is 5.22. The molecule has 90 valence electrons. The van der Waals surface area contributed by atoms with Gasteiger partial charge in [-0.2, -0.15) is 0 Å².